The van der Waals surface area contributed by atoms with Crippen molar-refractivity contribution in [1.82, 2.24) is 10.2 Å². The molecule has 0 aliphatic carbocycles. The van der Waals surface area contributed by atoms with Crippen molar-refractivity contribution in [3.05, 3.63) is 0 Å². The number of amides is 1. The summed E-state index contributed by atoms with van der Waals surface area (Å²) < 4.78 is 5.42. The van der Waals surface area contributed by atoms with Crippen LogP contribution in [0.3, 0.4) is 0 Å². The molecule has 1 amide bonds. The Bertz CT molecular complexity index is 250. The molecule has 0 aromatic heterocycles. The first-order valence-corrected chi connectivity index (χ1v) is 5.39. The Morgan fingerprint density at radius 2 is 1.93 bits per heavy atom. The van der Waals surface area contributed by atoms with Crippen LogP contribution in [0.15, 0.2) is 0 Å². The van der Waals surface area contributed by atoms with Crippen LogP contribution in [0.1, 0.15) is 13.8 Å². The molecule has 2 heterocycles. The van der Waals surface area contributed by atoms with Crippen LogP contribution in [-0.4, -0.2) is 54.7 Å². The van der Waals surface area contributed by atoms with Gasteiger partial charge in [0, 0.05) is 25.2 Å². The van der Waals surface area contributed by atoms with Crippen molar-refractivity contribution in [1.29, 1.82) is 0 Å². The van der Waals surface area contributed by atoms with E-state index >= 15 is 0 Å². The molecule has 5 heteroatoms. The third-order valence-electron chi connectivity index (χ3n) is 2.83. The lowest BCUT2D eigenvalue weighted by atomic mass is 10.0. The number of morpholine rings is 1. The van der Waals surface area contributed by atoms with Crippen LogP contribution in [0.5, 0.6) is 0 Å². The molecule has 2 saturated heterocycles. The van der Waals surface area contributed by atoms with Gasteiger partial charge in [0.15, 0.2) is 0 Å². The van der Waals surface area contributed by atoms with Crippen molar-refractivity contribution in [2.45, 2.75) is 31.5 Å². The van der Waals surface area contributed by atoms with Crippen molar-refractivity contribution in [3.63, 3.8) is 0 Å². The lowest BCUT2D eigenvalue weighted by molar-refractivity contribution is -0.140. The molecule has 5 nitrogen and oxygen atoms in total. The monoisotopic (exact) mass is 213 g/mol. The summed E-state index contributed by atoms with van der Waals surface area (Å²) >= 11 is 0. The number of carbonyl (C=O) groups excluding carboxylic acids is 1. The summed E-state index contributed by atoms with van der Waals surface area (Å²) in [7, 11) is 0. The predicted octanol–water partition coefficient (Wildman–Crippen LogP) is -1.08. The van der Waals surface area contributed by atoms with Gasteiger partial charge in [-0.2, -0.15) is 0 Å². The lowest BCUT2D eigenvalue weighted by Crippen LogP contribution is -2.66. The van der Waals surface area contributed by atoms with E-state index in [2.05, 4.69) is 5.32 Å². The summed E-state index contributed by atoms with van der Waals surface area (Å²) in [5, 5.41) is 3.43. The maximum absolute atomic E-state index is 12.0. The Morgan fingerprint density at radius 3 is 2.40 bits per heavy atom. The highest BCUT2D eigenvalue weighted by atomic mass is 16.5. The van der Waals surface area contributed by atoms with Gasteiger partial charge in [-0.15, -0.1) is 0 Å². The largest absolute Gasteiger partial charge is 0.378 e. The molecule has 0 aromatic carbocycles. The normalized spacial score (nSPS) is 31.5. The third-order valence-corrected chi connectivity index (χ3v) is 2.83. The Balaban J connectivity index is 2.02. The third kappa shape index (κ3) is 2.30. The van der Waals surface area contributed by atoms with Crippen molar-refractivity contribution in [2.24, 2.45) is 5.73 Å². The molecule has 2 unspecified atom stereocenters. The molecule has 2 rings (SSSR count). The molecule has 2 aliphatic heterocycles. The zero-order valence-electron chi connectivity index (χ0n) is 9.32. The number of hydrogen-bond acceptors (Lipinski definition) is 4. The fourth-order valence-electron chi connectivity index (χ4n) is 2.17. The van der Waals surface area contributed by atoms with Crippen molar-refractivity contribution in [3.8, 4) is 0 Å². The average Bonchev–Trinajstić information content (AvgIpc) is 2.14. The van der Waals surface area contributed by atoms with Crippen LogP contribution in [0.4, 0.5) is 0 Å². The minimum absolute atomic E-state index is 0.0286. The van der Waals surface area contributed by atoms with E-state index in [1.165, 1.54) is 0 Å². The predicted molar refractivity (Wildman–Crippen MR) is 56.4 cm³/mol. The molecule has 3 N–H and O–H groups in total. The van der Waals surface area contributed by atoms with E-state index in [0.29, 0.717) is 26.3 Å². The van der Waals surface area contributed by atoms with Crippen LogP contribution in [0.25, 0.3) is 0 Å². The van der Waals surface area contributed by atoms with Crippen LogP contribution < -0.4 is 11.1 Å². The van der Waals surface area contributed by atoms with Gasteiger partial charge >= 0.3 is 0 Å². The summed E-state index contributed by atoms with van der Waals surface area (Å²) in [5.74, 6) is 0.0286. The molecule has 0 saturated carbocycles. The van der Waals surface area contributed by atoms with Crippen molar-refractivity contribution < 1.29 is 9.53 Å². The van der Waals surface area contributed by atoms with Gasteiger partial charge in [0.1, 0.15) is 0 Å². The second-order valence-corrected chi connectivity index (χ2v) is 5.03. The number of ether oxygens (including phenoxy) is 1. The van der Waals surface area contributed by atoms with E-state index in [0.717, 1.165) is 0 Å². The molecule has 15 heavy (non-hydrogen) atoms. The van der Waals surface area contributed by atoms with E-state index in [9.17, 15) is 4.79 Å². The number of hydrogen-bond donors (Lipinski definition) is 2. The van der Waals surface area contributed by atoms with E-state index in [4.69, 9.17) is 10.5 Å². The van der Waals surface area contributed by atoms with Gasteiger partial charge in [0.2, 0.25) is 5.91 Å². The zero-order valence-corrected chi connectivity index (χ0v) is 9.32. The summed E-state index contributed by atoms with van der Waals surface area (Å²) in [6, 6.07) is 0.535. The highest BCUT2D eigenvalue weighted by molar-refractivity contribution is 5.85. The van der Waals surface area contributed by atoms with Gasteiger partial charge < -0.3 is 20.7 Å². The molecule has 2 atom stereocenters. The van der Waals surface area contributed by atoms with Gasteiger partial charge in [0.05, 0.1) is 18.8 Å². The fraction of sp³-hybridized carbons (Fsp3) is 0.900. The fourth-order valence-corrected chi connectivity index (χ4v) is 2.17. The Kier molecular flexibility index (Phi) is 2.70. The summed E-state index contributed by atoms with van der Waals surface area (Å²) in [5.41, 5.74) is 5.05. The van der Waals surface area contributed by atoms with Crippen molar-refractivity contribution >= 4 is 5.91 Å². The highest BCUT2D eigenvalue weighted by Crippen LogP contribution is 2.14. The Labute approximate surface area is 89.9 Å². The number of nitrogens with one attached hydrogen (secondary N) is 1. The summed E-state index contributed by atoms with van der Waals surface area (Å²) in [6.07, 6.45) is 0. The number of fused-ring (bicyclic) bond motifs is 2. The minimum Gasteiger partial charge on any atom is -0.378 e. The summed E-state index contributed by atoms with van der Waals surface area (Å²) in [4.78, 5) is 13.8. The molecule has 0 aromatic rings. The molecule has 86 valence electrons. The van der Waals surface area contributed by atoms with Crippen LogP contribution in [0.2, 0.25) is 0 Å². The smallest absolute Gasteiger partial charge is 0.242 e. The first-order chi connectivity index (χ1) is 6.97. The lowest BCUT2D eigenvalue weighted by Gasteiger charge is -2.43. The first kappa shape index (κ1) is 10.9. The van der Waals surface area contributed by atoms with E-state index in [1.54, 1.807) is 13.8 Å². The van der Waals surface area contributed by atoms with Gasteiger partial charge in [-0.3, -0.25) is 4.79 Å². The second-order valence-electron chi connectivity index (χ2n) is 5.03. The van der Waals surface area contributed by atoms with E-state index < -0.39 is 5.54 Å². The molecular formula is C10H19N3O2. The molecule has 2 bridgehead atoms. The average molecular weight is 213 g/mol. The van der Waals surface area contributed by atoms with E-state index in [1.807, 2.05) is 4.90 Å². The van der Waals surface area contributed by atoms with Crippen LogP contribution in [0, 0.1) is 0 Å². The van der Waals surface area contributed by atoms with Crippen LogP contribution in [-0.2, 0) is 9.53 Å². The molecular weight excluding hydrogens is 194 g/mol. The van der Waals surface area contributed by atoms with Gasteiger partial charge in [0.25, 0.3) is 0 Å². The molecule has 2 fully saturated rings. The van der Waals surface area contributed by atoms with E-state index in [-0.39, 0.29) is 18.0 Å². The zero-order chi connectivity index (χ0) is 11.1. The van der Waals surface area contributed by atoms with Crippen molar-refractivity contribution in [2.75, 3.05) is 26.3 Å². The Hall–Kier alpha value is -0.650. The van der Waals surface area contributed by atoms with Gasteiger partial charge in [-0.05, 0) is 13.8 Å². The standard InChI is InChI=1S/C10H19N3O2/c1-10(2,11)9(14)13-3-7-5-15-6-8(4-13)12-7/h7-8,12H,3-6,11H2,1-2H3. The molecule has 2 aliphatic rings. The van der Waals surface area contributed by atoms with Crippen LogP contribution >= 0.6 is 0 Å². The maximum Gasteiger partial charge on any atom is 0.242 e. The quantitative estimate of drug-likeness (QED) is 0.581. The minimum atomic E-state index is -0.771. The number of carbonyl (C=O) groups is 1. The molecule has 0 spiro atoms. The number of rotatable bonds is 1. The number of nitrogens with zero attached hydrogens (tertiary/aromatic N) is 1. The highest BCUT2D eigenvalue weighted by Gasteiger charge is 2.36. The van der Waals surface area contributed by atoms with Gasteiger partial charge in [-0.25, -0.2) is 0 Å². The second kappa shape index (κ2) is 3.73. The molecule has 0 radical (unpaired) electrons. The topological polar surface area (TPSA) is 67.6 Å². The summed E-state index contributed by atoms with van der Waals surface area (Å²) in [6.45, 7) is 6.29. The SMILES string of the molecule is CC(C)(N)C(=O)N1CC2COCC(C1)N2. The first-order valence-electron chi connectivity index (χ1n) is 5.39. The maximum atomic E-state index is 12.0. The van der Waals surface area contributed by atoms with Gasteiger partial charge in [-0.1, -0.05) is 0 Å². The number of nitrogens with two attached hydrogens (primary N) is 1. The Morgan fingerprint density at radius 1 is 1.40 bits per heavy atom. The number of piperazine rings is 1.